The van der Waals surface area contributed by atoms with Gasteiger partial charge < -0.3 is 10.2 Å². The van der Waals surface area contributed by atoms with Gasteiger partial charge in [0.2, 0.25) is 5.91 Å². The van der Waals surface area contributed by atoms with E-state index >= 15 is 0 Å². The fraction of sp³-hybridized carbons (Fsp3) is 0.207. The number of benzene rings is 3. The van der Waals surface area contributed by atoms with Crippen LogP contribution < -0.4 is 10.2 Å². The van der Waals surface area contributed by atoms with Crippen molar-refractivity contribution in [2.45, 2.75) is 31.3 Å². The zero-order chi connectivity index (χ0) is 24.5. The van der Waals surface area contributed by atoms with Crippen LogP contribution in [0.1, 0.15) is 35.3 Å². The molecule has 1 spiro atoms. The number of ketones is 2. The number of fused-ring (bicyclic) bond motifs is 6. The molecule has 0 aromatic heterocycles. The van der Waals surface area contributed by atoms with Crippen molar-refractivity contribution in [3.05, 3.63) is 101 Å². The Labute approximate surface area is 208 Å². The molecule has 0 unspecified atom stereocenters. The summed E-state index contributed by atoms with van der Waals surface area (Å²) in [6.45, 7) is 3.51. The lowest BCUT2D eigenvalue weighted by molar-refractivity contribution is -0.122. The van der Waals surface area contributed by atoms with Crippen LogP contribution in [0.5, 0.6) is 0 Å². The van der Waals surface area contributed by atoms with Crippen LogP contribution >= 0.6 is 11.6 Å². The van der Waals surface area contributed by atoms with Gasteiger partial charge in [0.05, 0.1) is 23.0 Å². The van der Waals surface area contributed by atoms with Crippen LogP contribution in [0.15, 0.2) is 78.9 Å². The number of Topliss-reactive ketones (excluding diaryl/α,β-unsaturated/α-hetero) is 2. The second-order valence-electron chi connectivity index (χ2n) is 9.46. The lowest BCUT2D eigenvalue weighted by atomic mass is 9.64. The number of nitrogens with zero attached hydrogens (tertiary/aromatic N) is 1. The third-order valence-corrected chi connectivity index (χ3v) is 8.05. The van der Waals surface area contributed by atoms with Gasteiger partial charge in [0.1, 0.15) is 5.41 Å². The van der Waals surface area contributed by atoms with Gasteiger partial charge in [0.25, 0.3) is 0 Å². The van der Waals surface area contributed by atoms with E-state index in [1.807, 2.05) is 66.4 Å². The summed E-state index contributed by atoms with van der Waals surface area (Å²) in [6.07, 6.45) is 2.04. The molecular formula is C29H23ClN2O3. The summed E-state index contributed by atoms with van der Waals surface area (Å²) in [5.74, 6) is -1.71. The number of rotatable bonds is 3. The lowest BCUT2D eigenvalue weighted by Crippen LogP contribution is -2.51. The Balaban J connectivity index is 1.70. The van der Waals surface area contributed by atoms with E-state index in [2.05, 4.69) is 5.32 Å². The minimum absolute atomic E-state index is 0.169. The minimum atomic E-state index is -1.29. The first-order valence-corrected chi connectivity index (χ1v) is 12.0. The van der Waals surface area contributed by atoms with E-state index in [-0.39, 0.29) is 17.5 Å². The fourth-order valence-corrected chi connectivity index (χ4v) is 6.60. The molecule has 1 saturated heterocycles. The van der Waals surface area contributed by atoms with Gasteiger partial charge in [-0.05, 0) is 49.2 Å². The van der Waals surface area contributed by atoms with Crippen molar-refractivity contribution in [2.24, 2.45) is 5.92 Å². The largest absolute Gasteiger partial charge is 0.352 e. The van der Waals surface area contributed by atoms with E-state index in [0.29, 0.717) is 16.3 Å². The first-order valence-electron chi connectivity index (χ1n) is 11.6. The number of nitrogens with one attached hydrogen (secondary N) is 1. The highest BCUT2D eigenvalue weighted by Gasteiger charge is 2.70. The molecule has 6 heteroatoms. The number of carbonyl (C=O) groups is 3. The zero-order valence-electron chi connectivity index (χ0n) is 19.3. The maximum absolute atomic E-state index is 14.4. The second kappa shape index (κ2) is 7.65. The third-order valence-electron chi connectivity index (χ3n) is 7.72. The lowest BCUT2D eigenvalue weighted by Gasteiger charge is -2.39. The Hall–Kier alpha value is -3.70. The number of amides is 1. The second-order valence-corrected chi connectivity index (χ2v) is 9.87. The molecule has 1 N–H and O–H groups in total. The summed E-state index contributed by atoms with van der Waals surface area (Å²) in [7, 11) is 0. The average molecular weight is 483 g/mol. The molecule has 1 fully saturated rings. The van der Waals surface area contributed by atoms with E-state index in [9.17, 15) is 14.4 Å². The number of hydrogen-bond donors (Lipinski definition) is 1. The summed E-state index contributed by atoms with van der Waals surface area (Å²) < 4.78 is 0. The standard InChI is InChI=1S/C29H23ClN2O3/c1-16-15-24-29(20-11-5-7-13-22(20)31-28(29)35)25(27(34)19-10-3-6-12-21(19)30)26(17(2)33)32(24)23-14-8-4-9-18(16)23/h3-15,24-26H,1-2H3,(H,31,35)/t24-,25+,26-,29-/m1/s1. The number of anilines is 2. The molecule has 0 bridgehead atoms. The summed E-state index contributed by atoms with van der Waals surface area (Å²) in [5.41, 5.74) is 3.27. The number of carbonyl (C=O) groups excluding carboxylic acids is 3. The van der Waals surface area contributed by atoms with E-state index in [0.717, 1.165) is 22.4 Å². The molecule has 6 rings (SSSR count). The van der Waals surface area contributed by atoms with Gasteiger partial charge in [-0.25, -0.2) is 0 Å². The highest BCUT2D eigenvalue weighted by atomic mass is 35.5. The Morgan fingerprint density at radius 1 is 0.971 bits per heavy atom. The molecule has 35 heavy (non-hydrogen) atoms. The highest BCUT2D eigenvalue weighted by molar-refractivity contribution is 6.34. The molecule has 4 atom stereocenters. The van der Waals surface area contributed by atoms with Crippen LogP contribution in [-0.4, -0.2) is 29.6 Å². The smallest absolute Gasteiger partial charge is 0.238 e. The normalized spacial score (nSPS) is 26.0. The van der Waals surface area contributed by atoms with Crippen LogP contribution in [-0.2, 0) is 15.0 Å². The van der Waals surface area contributed by atoms with Gasteiger partial charge in [-0.1, -0.05) is 66.2 Å². The monoisotopic (exact) mass is 482 g/mol. The van der Waals surface area contributed by atoms with Crippen molar-refractivity contribution < 1.29 is 14.4 Å². The summed E-state index contributed by atoms with van der Waals surface area (Å²) >= 11 is 6.48. The van der Waals surface area contributed by atoms with E-state index in [1.54, 1.807) is 24.3 Å². The number of para-hydroxylation sites is 2. The van der Waals surface area contributed by atoms with Gasteiger partial charge in [-0.3, -0.25) is 14.4 Å². The maximum Gasteiger partial charge on any atom is 0.238 e. The molecule has 0 radical (unpaired) electrons. The van der Waals surface area contributed by atoms with E-state index < -0.39 is 23.4 Å². The third kappa shape index (κ3) is 2.79. The van der Waals surface area contributed by atoms with Gasteiger partial charge in [0.15, 0.2) is 11.6 Å². The van der Waals surface area contributed by atoms with Crippen LogP contribution in [0, 0.1) is 5.92 Å². The SMILES string of the molecule is CC(=O)[C@@H]1[C@@H](C(=O)c2ccccc2Cl)[C@]2(C(=O)Nc3ccccc32)[C@H]2C=C(C)c3ccccc3N12. The molecule has 3 aromatic rings. The predicted molar refractivity (Wildman–Crippen MR) is 137 cm³/mol. The Morgan fingerprint density at radius 3 is 2.43 bits per heavy atom. The summed E-state index contributed by atoms with van der Waals surface area (Å²) in [6, 6.07) is 20.8. The predicted octanol–water partition coefficient (Wildman–Crippen LogP) is 5.29. The maximum atomic E-state index is 14.4. The molecule has 5 nitrogen and oxygen atoms in total. The van der Waals surface area contributed by atoms with Crippen LogP contribution in [0.25, 0.3) is 5.57 Å². The Morgan fingerprint density at radius 2 is 1.66 bits per heavy atom. The van der Waals surface area contributed by atoms with Crippen LogP contribution in [0.2, 0.25) is 5.02 Å². The topological polar surface area (TPSA) is 66.5 Å². The first-order chi connectivity index (χ1) is 16.9. The fourth-order valence-electron chi connectivity index (χ4n) is 6.37. The minimum Gasteiger partial charge on any atom is -0.352 e. The first kappa shape index (κ1) is 21.8. The average Bonchev–Trinajstić information content (AvgIpc) is 3.32. The van der Waals surface area contributed by atoms with Gasteiger partial charge >= 0.3 is 0 Å². The highest BCUT2D eigenvalue weighted by Crippen LogP contribution is 2.58. The van der Waals surface area contributed by atoms with E-state index in [4.69, 9.17) is 11.6 Å². The van der Waals surface area contributed by atoms with Gasteiger partial charge in [0, 0.05) is 22.5 Å². The Kier molecular flexibility index (Phi) is 4.77. The van der Waals surface area contributed by atoms with Crippen molar-refractivity contribution in [2.75, 3.05) is 10.2 Å². The van der Waals surface area contributed by atoms with Gasteiger partial charge in [-0.15, -0.1) is 0 Å². The zero-order valence-corrected chi connectivity index (χ0v) is 20.0. The van der Waals surface area contributed by atoms with Crippen molar-refractivity contribution in [3.63, 3.8) is 0 Å². The quantitative estimate of drug-likeness (QED) is 0.515. The molecular weight excluding hydrogens is 460 g/mol. The molecule has 3 aliphatic rings. The van der Waals surface area contributed by atoms with E-state index in [1.165, 1.54) is 6.92 Å². The van der Waals surface area contributed by atoms with Crippen molar-refractivity contribution >= 4 is 46.0 Å². The number of allylic oxidation sites excluding steroid dienone is 1. The molecule has 1 amide bonds. The number of hydrogen-bond acceptors (Lipinski definition) is 4. The van der Waals surface area contributed by atoms with Crippen molar-refractivity contribution in [1.29, 1.82) is 0 Å². The van der Waals surface area contributed by atoms with Crippen molar-refractivity contribution in [3.8, 4) is 0 Å². The summed E-state index contributed by atoms with van der Waals surface area (Å²) in [4.78, 5) is 43.8. The molecule has 0 aliphatic carbocycles. The van der Waals surface area contributed by atoms with Crippen LogP contribution in [0.3, 0.4) is 0 Å². The molecule has 3 heterocycles. The van der Waals surface area contributed by atoms with Crippen molar-refractivity contribution in [1.82, 2.24) is 0 Å². The summed E-state index contributed by atoms with van der Waals surface area (Å²) in [5, 5.41) is 3.33. The van der Waals surface area contributed by atoms with Crippen LogP contribution in [0.4, 0.5) is 11.4 Å². The number of halogens is 1. The molecule has 3 aromatic carbocycles. The molecule has 174 valence electrons. The Bertz CT molecular complexity index is 1460. The van der Waals surface area contributed by atoms with Gasteiger partial charge in [-0.2, -0.15) is 0 Å². The molecule has 3 aliphatic heterocycles. The molecule has 0 saturated carbocycles.